The Morgan fingerprint density at radius 3 is 2.68 bits per heavy atom. The lowest BCUT2D eigenvalue weighted by Crippen LogP contribution is -2.03. The third-order valence-electron chi connectivity index (χ3n) is 2.66. The first-order valence-electron chi connectivity index (χ1n) is 6.04. The first kappa shape index (κ1) is 13.8. The summed E-state index contributed by atoms with van der Waals surface area (Å²) in [4.78, 5) is 0. The molecule has 0 saturated carbocycles. The zero-order valence-electron chi connectivity index (χ0n) is 10.4. The summed E-state index contributed by atoms with van der Waals surface area (Å²) in [6.07, 6.45) is 0.630. The highest BCUT2D eigenvalue weighted by Gasteiger charge is 2.02. The second-order valence-corrected chi connectivity index (χ2v) is 4.69. The van der Waals surface area contributed by atoms with Gasteiger partial charge in [0.25, 0.3) is 0 Å². The molecule has 0 aliphatic heterocycles. The molecule has 4 heteroatoms. The maximum Gasteiger partial charge on any atom is 0.127 e. The minimum Gasteiger partial charge on any atom is -0.489 e. The molecule has 0 aliphatic carbocycles. The molecule has 2 aromatic rings. The monoisotopic (exact) mass is 279 g/mol. The van der Waals surface area contributed by atoms with Gasteiger partial charge in [-0.2, -0.15) is 0 Å². The lowest BCUT2D eigenvalue weighted by atomic mass is 10.1. The molecule has 0 unspecified atom stereocenters. The molecule has 19 heavy (non-hydrogen) atoms. The van der Waals surface area contributed by atoms with Crippen molar-refractivity contribution in [2.45, 2.75) is 13.0 Å². The first-order chi connectivity index (χ1) is 9.17. The van der Waals surface area contributed by atoms with Crippen LogP contribution in [-0.2, 0) is 13.0 Å². The molecule has 0 heterocycles. The van der Waals surface area contributed by atoms with E-state index in [0.717, 1.165) is 11.1 Å². The predicted octanol–water partition coefficient (Wildman–Crippen LogP) is 3.56. The normalized spacial score (nSPS) is 10.5. The molecule has 0 bridgehead atoms. The summed E-state index contributed by atoms with van der Waals surface area (Å²) in [6.45, 7) is 0.837. The van der Waals surface area contributed by atoms with Crippen molar-refractivity contribution < 1.29 is 9.13 Å². The van der Waals surface area contributed by atoms with E-state index < -0.39 is 0 Å². The largest absolute Gasteiger partial charge is 0.489 e. The molecule has 0 spiro atoms. The highest BCUT2D eigenvalue weighted by Crippen LogP contribution is 2.19. The van der Waals surface area contributed by atoms with Crippen LogP contribution in [0.2, 0.25) is 5.02 Å². The summed E-state index contributed by atoms with van der Waals surface area (Å²) in [6, 6.07) is 12.0. The van der Waals surface area contributed by atoms with Crippen LogP contribution in [0.25, 0.3) is 0 Å². The number of benzene rings is 2. The van der Waals surface area contributed by atoms with Crippen molar-refractivity contribution >= 4 is 11.6 Å². The van der Waals surface area contributed by atoms with Gasteiger partial charge in [-0.3, -0.25) is 0 Å². The average molecular weight is 280 g/mol. The molecular formula is C15H15ClFNO. The summed E-state index contributed by atoms with van der Waals surface area (Å²) in [7, 11) is 0. The number of ether oxygens (including phenoxy) is 1. The Morgan fingerprint density at radius 2 is 1.95 bits per heavy atom. The topological polar surface area (TPSA) is 35.2 Å². The Kier molecular flexibility index (Phi) is 4.77. The zero-order valence-corrected chi connectivity index (χ0v) is 11.2. The van der Waals surface area contributed by atoms with Gasteiger partial charge in [0, 0.05) is 11.1 Å². The molecular weight excluding hydrogens is 265 g/mol. The molecule has 0 aromatic heterocycles. The maximum atomic E-state index is 13.4. The van der Waals surface area contributed by atoms with Gasteiger partial charge in [0.15, 0.2) is 0 Å². The van der Waals surface area contributed by atoms with Crippen LogP contribution < -0.4 is 10.5 Å². The van der Waals surface area contributed by atoms with Crippen LogP contribution in [0.3, 0.4) is 0 Å². The van der Waals surface area contributed by atoms with Crippen LogP contribution in [0.15, 0.2) is 42.5 Å². The van der Waals surface area contributed by atoms with Crippen LogP contribution in [-0.4, -0.2) is 6.54 Å². The van der Waals surface area contributed by atoms with Crippen LogP contribution in [0, 0.1) is 5.82 Å². The Balaban J connectivity index is 2.06. The van der Waals surface area contributed by atoms with Gasteiger partial charge in [-0.25, -0.2) is 4.39 Å². The van der Waals surface area contributed by atoms with Crippen molar-refractivity contribution in [3.8, 4) is 5.75 Å². The third kappa shape index (κ3) is 4.23. The van der Waals surface area contributed by atoms with Crippen molar-refractivity contribution in [3.05, 3.63) is 64.4 Å². The maximum absolute atomic E-state index is 13.4. The number of hydrogen-bond donors (Lipinski definition) is 1. The van der Waals surface area contributed by atoms with Crippen molar-refractivity contribution in [1.29, 1.82) is 0 Å². The number of rotatable bonds is 5. The molecule has 0 aliphatic rings. The second-order valence-electron chi connectivity index (χ2n) is 4.25. The van der Waals surface area contributed by atoms with Crippen LogP contribution in [0.5, 0.6) is 5.75 Å². The summed E-state index contributed by atoms with van der Waals surface area (Å²) < 4.78 is 19.0. The van der Waals surface area contributed by atoms with E-state index in [2.05, 4.69) is 0 Å². The fourth-order valence-corrected chi connectivity index (χ4v) is 2.02. The molecule has 2 N–H and O–H groups in total. The van der Waals surface area contributed by atoms with Crippen LogP contribution in [0.4, 0.5) is 4.39 Å². The van der Waals surface area contributed by atoms with Crippen LogP contribution >= 0.6 is 11.6 Å². The van der Waals surface area contributed by atoms with Gasteiger partial charge in [-0.1, -0.05) is 23.7 Å². The molecule has 0 atom stereocenters. The van der Waals surface area contributed by atoms with E-state index in [9.17, 15) is 4.39 Å². The highest BCUT2D eigenvalue weighted by atomic mass is 35.5. The molecule has 2 rings (SSSR count). The Bertz CT molecular complexity index is 560. The Labute approximate surface area is 117 Å². The smallest absolute Gasteiger partial charge is 0.127 e. The molecule has 2 aromatic carbocycles. The van der Waals surface area contributed by atoms with Gasteiger partial charge in [0.2, 0.25) is 0 Å². The van der Waals surface area contributed by atoms with Gasteiger partial charge in [-0.15, -0.1) is 0 Å². The van der Waals surface area contributed by atoms with E-state index in [1.165, 1.54) is 12.1 Å². The van der Waals surface area contributed by atoms with Crippen LogP contribution in [0.1, 0.15) is 11.1 Å². The van der Waals surface area contributed by atoms with Crippen molar-refractivity contribution in [2.24, 2.45) is 5.73 Å². The second kappa shape index (κ2) is 6.55. The molecule has 2 nitrogen and oxygen atoms in total. The third-order valence-corrected chi connectivity index (χ3v) is 2.89. The molecule has 0 saturated heterocycles. The SMILES string of the molecule is NCCc1cc(F)cc(OCc2cccc(Cl)c2)c1. The van der Waals surface area contributed by atoms with Crippen molar-refractivity contribution in [2.75, 3.05) is 6.54 Å². The average Bonchev–Trinajstić information content (AvgIpc) is 2.36. The predicted molar refractivity (Wildman–Crippen MR) is 74.9 cm³/mol. The van der Waals surface area contributed by atoms with Gasteiger partial charge in [0.05, 0.1) is 0 Å². The Morgan fingerprint density at radius 1 is 1.11 bits per heavy atom. The summed E-state index contributed by atoms with van der Waals surface area (Å²) >= 11 is 5.89. The quantitative estimate of drug-likeness (QED) is 0.908. The van der Waals surface area contributed by atoms with E-state index in [0.29, 0.717) is 30.3 Å². The summed E-state index contributed by atoms with van der Waals surface area (Å²) in [5.74, 6) is 0.190. The fraction of sp³-hybridized carbons (Fsp3) is 0.200. The molecule has 100 valence electrons. The minimum absolute atomic E-state index is 0.313. The molecule has 0 fully saturated rings. The number of halogens is 2. The number of hydrogen-bond acceptors (Lipinski definition) is 2. The lowest BCUT2D eigenvalue weighted by molar-refractivity contribution is 0.304. The standard InChI is InChI=1S/C15H15ClFNO/c16-13-3-1-2-12(6-13)10-19-15-8-11(4-5-18)7-14(17)9-15/h1-3,6-9H,4-5,10,18H2. The van der Waals surface area contributed by atoms with Crippen molar-refractivity contribution in [3.63, 3.8) is 0 Å². The van der Waals surface area contributed by atoms with E-state index in [4.69, 9.17) is 22.1 Å². The van der Waals surface area contributed by atoms with Gasteiger partial charge in [0.1, 0.15) is 18.2 Å². The fourth-order valence-electron chi connectivity index (χ4n) is 1.81. The van der Waals surface area contributed by atoms with Gasteiger partial charge < -0.3 is 10.5 Å². The number of nitrogens with two attached hydrogens (primary N) is 1. The minimum atomic E-state index is -0.313. The highest BCUT2D eigenvalue weighted by molar-refractivity contribution is 6.30. The zero-order chi connectivity index (χ0) is 13.7. The van der Waals surface area contributed by atoms with Gasteiger partial charge in [-0.05, 0) is 48.4 Å². The molecule has 0 amide bonds. The molecule has 0 radical (unpaired) electrons. The summed E-state index contributed by atoms with van der Waals surface area (Å²) in [5, 5.41) is 0.657. The van der Waals surface area contributed by atoms with E-state index >= 15 is 0 Å². The van der Waals surface area contributed by atoms with E-state index in [1.807, 2.05) is 18.2 Å². The van der Waals surface area contributed by atoms with Crippen molar-refractivity contribution in [1.82, 2.24) is 0 Å². The van der Waals surface area contributed by atoms with Gasteiger partial charge >= 0.3 is 0 Å². The Hall–Kier alpha value is -1.58. The van der Waals surface area contributed by atoms with E-state index in [-0.39, 0.29) is 5.82 Å². The van der Waals surface area contributed by atoms with E-state index in [1.54, 1.807) is 12.1 Å². The lowest BCUT2D eigenvalue weighted by Gasteiger charge is -2.09. The summed E-state index contributed by atoms with van der Waals surface area (Å²) in [5.41, 5.74) is 7.24. The first-order valence-corrected chi connectivity index (χ1v) is 6.42.